The zero-order valence-electron chi connectivity index (χ0n) is 11.0. The van der Waals surface area contributed by atoms with Gasteiger partial charge in [0.25, 0.3) is 5.91 Å². The Morgan fingerprint density at radius 1 is 1.21 bits per heavy atom. The minimum Gasteiger partial charge on any atom is -0.351 e. The second kappa shape index (κ2) is 7.81. The van der Waals surface area contributed by atoms with E-state index in [-0.39, 0.29) is 5.91 Å². The third-order valence-electron chi connectivity index (χ3n) is 3.40. The summed E-state index contributed by atoms with van der Waals surface area (Å²) in [4.78, 5) is 11.8. The van der Waals surface area contributed by atoms with Crippen LogP contribution in [0.1, 0.15) is 42.5 Å². The summed E-state index contributed by atoms with van der Waals surface area (Å²) in [7, 11) is 0. The van der Waals surface area contributed by atoms with Crippen LogP contribution in [0.15, 0.2) is 24.3 Å². The van der Waals surface area contributed by atoms with Gasteiger partial charge in [0.1, 0.15) is 0 Å². The van der Waals surface area contributed by atoms with Crippen molar-refractivity contribution in [1.29, 1.82) is 0 Å². The molecule has 1 aromatic carbocycles. The number of benzene rings is 1. The second-order valence-corrected chi connectivity index (χ2v) is 6.74. The number of nitrogens with one attached hydrogen (secondary N) is 1. The van der Waals surface area contributed by atoms with Crippen LogP contribution in [0.4, 0.5) is 0 Å². The lowest BCUT2D eigenvalue weighted by Gasteiger charge is -2.20. The van der Waals surface area contributed by atoms with Crippen LogP contribution < -0.4 is 5.32 Å². The summed E-state index contributed by atoms with van der Waals surface area (Å²) in [6, 6.07) is 7.00. The molecule has 1 aliphatic carbocycles. The molecule has 4 heteroatoms. The number of carbonyl (C=O) groups excluding carboxylic acids is 1. The quantitative estimate of drug-likeness (QED) is 0.828. The number of halogens is 1. The summed E-state index contributed by atoms with van der Waals surface area (Å²) in [6.45, 7) is 0.739. The average Bonchev–Trinajstić information content (AvgIpc) is 2.45. The average molecular weight is 298 g/mol. The maximum atomic E-state index is 11.8. The fourth-order valence-electron chi connectivity index (χ4n) is 2.33. The van der Waals surface area contributed by atoms with E-state index in [1.165, 1.54) is 32.1 Å². The van der Waals surface area contributed by atoms with Gasteiger partial charge in [-0.05, 0) is 37.1 Å². The summed E-state index contributed by atoms with van der Waals surface area (Å²) in [6.07, 6.45) is 6.82. The molecule has 1 N–H and O–H groups in total. The first-order valence-electron chi connectivity index (χ1n) is 6.91. The fourth-order valence-corrected chi connectivity index (χ4v) is 3.67. The van der Waals surface area contributed by atoms with Gasteiger partial charge < -0.3 is 5.32 Å². The van der Waals surface area contributed by atoms with Crippen molar-refractivity contribution in [1.82, 2.24) is 5.32 Å². The number of hydrogen-bond donors (Lipinski definition) is 1. The van der Waals surface area contributed by atoms with Gasteiger partial charge in [-0.2, -0.15) is 11.8 Å². The molecule has 1 saturated carbocycles. The van der Waals surface area contributed by atoms with Crippen LogP contribution in [0.5, 0.6) is 0 Å². The standard InChI is InChI=1S/C15H20ClNOS/c16-13-8-6-12(7-9-13)15(18)17-10-11-19-14-4-2-1-3-5-14/h6-9,14H,1-5,10-11H2,(H,17,18). The fraction of sp³-hybridized carbons (Fsp3) is 0.533. The molecule has 1 aromatic rings. The van der Waals surface area contributed by atoms with Crippen LogP contribution >= 0.6 is 23.4 Å². The molecule has 1 amide bonds. The van der Waals surface area contributed by atoms with E-state index in [0.29, 0.717) is 10.6 Å². The van der Waals surface area contributed by atoms with Crippen molar-refractivity contribution in [3.63, 3.8) is 0 Å². The number of rotatable bonds is 5. The van der Waals surface area contributed by atoms with Crippen molar-refractivity contribution >= 4 is 29.3 Å². The molecule has 104 valence electrons. The lowest BCUT2D eigenvalue weighted by atomic mass is 10.0. The molecule has 2 rings (SSSR count). The number of thioether (sulfide) groups is 1. The predicted octanol–water partition coefficient (Wildman–Crippen LogP) is 4.14. The maximum Gasteiger partial charge on any atom is 0.251 e. The highest BCUT2D eigenvalue weighted by atomic mass is 35.5. The number of amides is 1. The van der Waals surface area contributed by atoms with Gasteiger partial charge in [-0.1, -0.05) is 30.9 Å². The van der Waals surface area contributed by atoms with Gasteiger partial charge in [-0.3, -0.25) is 4.79 Å². The van der Waals surface area contributed by atoms with Crippen LogP contribution in [0.25, 0.3) is 0 Å². The Balaban J connectivity index is 1.64. The van der Waals surface area contributed by atoms with Crippen molar-refractivity contribution in [3.8, 4) is 0 Å². The first kappa shape index (κ1) is 14.7. The minimum atomic E-state index is -0.0130. The summed E-state index contributed by atoms with van der Waals surface area (Å²) in [5.41, 5.74) is 0.673. The van der Waals surface area contributed by atoms with E-state index in [1.807, 2.05) is 11.8 Å². The Kier molecular flexibility index (Phi) is 6.05. The molecule has 0 heterocycles. The van der Waals surface area contributed by atoms with Gasteiger partial charge in [-0.15, -0.1) is 0 Å². The lowest BCUT2D eigenvalue weighted by molar-refractivity contribution is 0.0956. The molecule has 0 aliphatic heterocycles. The number of hydrogen-bond acceptors (Lipinski definition) is 2. The van der Waals surface area contributed by atoms with Gasteiger partial charge >= 0.3 is 0 Å². The van der Waals surface area contributed by atoms with E-state index >= 15 is 0 Å². The van der Waals surface area contributed by atoms with Crippen molar-refractivity contribution < 1.29 is 4.79 Å². The highest BCUT2D eigenvalue weighted by Crippen LogP contribution is 2.27. The monoisotopic (exact) mass is 297 g/mol. The molecule has 0 spiro atoms. The summed E-state index contributed by atoms with van der Waals surface area (Å²) in [5.74, 6) is 0.991. The van der Waals surface area contributed by atoms with Crippen molar-refractivity contribution in [2.24, 2.45) is 0 Å². The van der Waals surface area contributed by atoms with Gasteiger partial charge in [-0.25, -0.2) is 0 Å². The Labute approximate surface area is 124 Å². The van der Waals surface area contributed by atoms with Crippen molar-refractivity contribution in [2.75, 3.05) is 12.3 Å². The van der Waals surface area contributed by atoms with Gasteiger partial charge in [0, 0.05) is 28.1 Å². The van der Waals surface area contributed by atoms with E-state index in [9.17, 15) is 4.79 Å². The molecular weight excluding hydrogens is 278 g/mol. The SMILES string of the molecule is O=C(NCCSC1CCCCC1)c1ccc(Cl)cc1. The van der Waals surface area contributed by atoms with Crippen LogP contribution in [0.3, 0.4) is 0 Å². The van der Waals surface area contributed by atoms with Crippen LogP contribution in [0.2, 0.25) is 5.02 Å². The van der Waals surface area contributed by atoms with Crippen molar-refractivity contribution in [2.45, 2.75) is 37.4 Å². The molecule has 0 atom stereocenters. The zero-order valence-corrected chi connectivity index (χ0v) is 12.6. The Bertz CT molecular complexity index is 401. The van der Waals surface area contributed by atoms with E-state index in [4.69, 9.17) is 11.6 Å². The highest BCUT2D eigenvalue weighted by molar-refractivity contribution is 7.99. The Morgan fingerprint density at radius 2 is 1.89 bits per heavy atom. The smallest absolute Gasteiger partial charge is 0.251 e. The molecule has 0 unspecified atom stereocenters. The first-order valence-corrected chi connectivity index (χ1v) is 8.34. The van der Waals surface area contributed by atoms with Crippen LogP contribution in [-0.2, 0) is 0 Å². The largest absolute Gasteiger partial charge is 0.351 e. The second-order valence-electron chi connectivity index (χ2n) is 4.89. The summed E-state index contributed by atoms with van der Waals surface area (Å²) < 4.78 is 0. The molecule has 0 aromatic heterocycles. The van der Waals surface area contributed by atoms with E-state index in [0.717, 1.165) is 17.5 Å². The van der Waals surface area contributed by atoms with Crippen LogP contribution in [0, 0.1) is 0 Å². The van der Waals surface area contributed by atoms with Crippen molar-refractivity contribution in [3.05, 3.63) is 34.9 Å². The van der Waals surface area contributed by atoms with Gasteiger partial charge in [0.2, 0.25) is 0 Å². The van der Waals surface area contributed by atoms with E-state index in [2.05, 4.69) is 5.32 Å². The molecule has 1 fully saturated rings. The number of carbonyl (C=O) groups is 1. The molecule has 0 bridgehead atoms. The highest BCUT2D eigenvalue weighted by Gasteiger charge is 2.13. The van der Waals surface area contributed by atoms with Gasteiger partial charge in [0.15, 0.2) is 0 Å². The maximum absolute atomic E-state index is 11.8. The zero-order chi connectivity index (χ0) is 13.5. The molecular formula is C15H20ClNOS. The van der Waals surface area contributed by atoms with Crippen LogP contribution in [-0.4, -0.2) is 23.5 Å². The van der Waals surface area contributed by atoms with E-state index in [1.54, 1.807) is 24.3 Å². The third-order valence-corrected chi connectivity index (χ3v) is 5.03. The molecule has 1 aliphatic rings. The summed E-state index contributed by atoms with van der Waals surface area (Å²) >= 11 is 7.80. The van der Waals surface area contributed by atoms with E-state index < -0.39 is 0 Å². The first-order chi connectivity index (χ1) is 9.25. The Morgan fingerprint density at radius 3 is 2.58 bits per heavy atom. The molecule has 0 radical (unpaired) electrons. The molecule has 19 heavy (non-hydrogen) atoms. The third kappa shape index (κ3) is 5.07. The molecule has 0 saturated heterocycles. The summed E-state index contributed by atoms with van der Waals surface area (Å²) in [5, 5.41) is 4.42. The molecule has 2 nitrogen and oxygen atoms in total. The topological polar surface area (TPSA) is 29.1 Å². The predicted molar refractivity (Wildman–Crippen MR) is 83.1 cm³/mol. The lowest BCUT2D eigenvalue weighted by Crippen LogP contribution is -2.26. The van der Waals surface area contributed by atoms with Gasteiger partial charge in [0.05, 0.1) is 0 Å². The Hall–Kier alpha value is -0.670. The normalized spacial score (nSPS) is 16.3. The minimum absolute atomic E-state index is 0.0130.